The molecule has 246 valence electrons. The fraction of sp³-hybridized carbons (Fsp3) is 0. The average Bonchev–Trinajstić information content (AvgIpc) is 3.87. The van der Waals surface area contributed by atoms with E-state index in [4.69, 9.17) is 4.98 Å². The first-order valence-corrected chi connectivity index (χ1v) is 17.8. The number of aromatic nitrogens is 4. The molecular weight excluding hydrogens is 647 g/mol. The van der Waals surface area contributed by atoms with Crippen molar-refractivity contribution >= 4 is 65.5 Å². The lowest BCUT2D eigenvalue weighted by Gasteiger charge is -2.14. The normalized spacial score (nSPS) is 11.8. The van der Waals surface area contributed by atoms with Crippen molar-refractivity contribution in [3.63, 3.8) is 0 Å². The maximum atomic E-state index is 9.65. The minimum absolute atomic E-state index is 0.660. The highest BCUT2D eigenvalue weighted by Crippen LogP contribution is 2.42. The fourth-order valence-electron chi connectivity index (χ4n) is 8.45. The first-order valence-electron chi connectivity index (χ1n) is 17.8. The summed E-state index contributed by atoms with van der Waals surface area (Å²) >= 11 is 0. The molecule has 5 nitrogen and oxygen atoms in total. The molecule has 0 spiro atoms. The number of para-hydroxylation sites is 3. The molecule has 11 rings (SSSR count). The lowest BCUT2D eigenvalue weighted by atomic mass is 10.0. The van der Waals surface area contributed by atoms with Crippen molar-refractivity contribution in [2.75, 3.05) is 0 Å². The zero-order valence-electron chi connectivity index (χ0n) is 28.5. The molecule has 0 N–H and O–H groups in total. The van der Waals surface area contributed by atoms with Crippen LogP contribution in [0.25, 0.3) is 93.7 Å². The largest absolute Gasteiger partial charge is 0.309 e. The quantitative estimate of drug-likeness (QED) is 0.186. The van der Waals surface area contributed by atoms with Gasteiger partial charge >= 0.3 is 0 Å². The zero-order valence-corrected chi connectivity index (χ0v) is 28.5. The van der Waals surface area contributed by atoms with Gasteiger partial charge in [0, 0.05) is 50.2 Å². The van der Waals surface area contributed by atoms with Crippen molar-refractivity contribution < 1.29 is 0 Å². The van der Waals surface area contributed by atoms with Gasteiger partial charge in [-0.2, -0.15) is 5.26 Å². The second kappa shape index (κ2) is 11.3. The van der Waals surface area contributed by atoms with Gasteiger partial charge in [0.25, 0.3) is 0 Å². The van der Waals surface area contributed by atoms with Gasteiger partial charge in [-0.3, -0.25) is 4.98 Å². The second-order valence-corrected chi connectivity index (χ2v) is 13.5. The van der Waals surface area contributed by atoms with Gasteiger partial charge in [0.2, 0.25) is 0 Å². The molecule has 5 heteroatoms. The van der Waals surface area contributed by atoms with Gasteiger partial charge in [-0.05, 0) is 96.1 Å². The molecular formula is C48H29N5. The summed E-state index contributed by atoms with van der Waals surface area (Å²) in [6.45, 7) is 0. The number of hydrogen-bond acceptors (Lipinski definition) is 2. The van der Waals surface area contributed by atoms with Crippen molar-refractivity contribution in [2.45, 2.75) is 0 Å². The topological polar surface area (TPSA) is 51.5 Å². The second-order valence-electron chi connectivity index (χ2n) is 13.5. The van der Waals surface area contributed by atoms with Crippen LogP contribution in [0.5, 0.6) is 0 Å². The van der Waals surface area contributed by atoms with Gasteiger partial charge in [-0.15, -0.1) is 0 Å². The molecule has 4 aromatic heterocycles. The van der Waals surface area contributed by atoms with Gasteiger partial charge in [0.15, 0.2) is 0 Å². The molecule has 0 bridgehead atoms. The monoisotopic (exact) mass is 675 g/mol. The fourth-order valence-corrected chi connectivity index (χ4v) is 8.45. The van der Waals surface area contributed by atoms with Gasteiger partial charge in [0.05, 0.1) is 50.2 Å². The number of rotatable bonds is 4. The Morgan fingerprint density at radius 2 is 0.962 bits per heavy atom. The summed E-state index contributed by atoms with van der Waals surface area (Å²) in [5.74, 6) is 0. The van der Waals surface area contributed by atoms with Crippen LogP contribution in [0.4, 0.5) is 0 Å². The molecule has 0 aliphatic rings. The van der Waals surface area contributed by atoms with Crippen LogP contribution in [0.3, 0.4) is 0 Å². The molecule has 11 aromatic rings. The summed E-state index contributed by atoms with van der Waals surface area (Å²) in [7, 11) is 0. The number of hydrogen-bond donors (Lipinski definition) is 0. The molecule has 0 unspecified atom stereocenters. The van der Waals surface area contributed by atoms with E-state index in [9.17, 15) is 5.26 Å². The molecule has 53 heavy (non-hydrogen) atoms. The standard InChI is InChI=1S/C48H29N5/c49-30-31-22-25-44-41(27-31)38-18-5-6-19-42(38)51(44)35-15-8-11-32(28-35)33-12-9-16-36(29-33)53-45-21-10-26-50-46(45)40-24-23-39-37-17-4-7-20-43(37)52(47(39)48(40)53)34-13-2-1-3-14-34/h1-29H. The molecule has 7 aromatic carbocycles. The predicted octanol–water partition coefficient (Wildman–Crippen LogP) is 11.9. The number of nitrogens with zero attached hydrogens (tertiary/aromatic N) is 5. The van der Waals surface area contributed by atoms with E-state index in [0.29, 0.717) is 5.56 Å². The highest BCUT2D eigenvalue weighted by Gasteiger charge is 2.22. The molecule has 0 atom stereocenters. The van der Waals surface area contributed by atoms with Crippen LogP contribution in [-0.2, 0) is 0 Å². The van der Waals surface area contributed by atoms with Crippen LogP contribution < -0.4 is 0 Å². The Kier molecular flexibility index (Phi) is 6.25. The Morgan fingerprint density at radius 3 is 1.72 bits per heavy atom. The molecule has 0 amide bonds. The van der Waals surface area contributed by atoms with Crippen LogP contribution in [0.1, 0.15) is 5.56 Å². The van der Waals surface area contributed by atoms with E-state index >= 15 is 0 Å². The third-order valence-corrected chi connectivity index (χ3v) is 10.7. The van der Waals surface area contributed by atoms with Crippen LogP contribution in [-0.4, -0.2) is 18.7 Å². The smallest absolute Gasteiger partial charge is 0.0991 e. The van der Waals surface area contributed by atoms with Crippen molar-refractivity contribution in [1.29, 1.82) is 5.26 Å². The first-order chi connectivity index (χ1) is 26.3. The predicted molar refractivity (Wildman–Crippen MR) is 217 cm³/mol. The van der Waals surface area contributed by atoms with E-state index in [-0.39, 0.29) is 0 Å². The minimum Gasteiger partial charge on any atom is -0.309 e. The third-order valence-electron chi connectivity index (χ3n) is 10.7. The Morgan fingerprint density at radius 1 is 0.396 bits per heavy atom. The summed E-state index contributed by atoms with van der Waals surface area (Å²) in [5, 5.41) is 15.4. The van der Waals surface area contributed by atoms with E-state index in [0.717, 1.165) is 77.4 Å². The first kappa shape index (κ1) is 29.3. The van der Waals surface area contributed by atoms with Crippen molar-refractivity contribution in [2.24, 2.45) is 0 Å². The van der Waals surface area contributed by atoms with Gasteiger partial charge in [-0.25, -0.2) is 0 Å². The van der Waals surface area contributed by atoms with E-state index in [1.54, 1.807) is 0 Å². The molecule has 4 heterocycles. The highest BCUT2D eigenvalue weighted by atomic mass is 15.1. The molecule has 0 fully saturated rings. The molecule has 0 aliphatic heterocycles. The Hall–Kier alpha value is -7.42. The third kappa shape index (κ3) is 4.27. The van der Waals surface area contributed by atoms with E-state index in [2.05, 4.69) is 171 Å². The molecule has 0 saturated carbocycles. The number of nitriles is 1. The van der Waals surface area contributed by atoms with Gasteiger partial charge in [0.1, 0.15) is 0 Å². The lowest BCUT2D eigenvalue weighted by molar-refractivity contribution is 1.15. The van der Waals surface area contributed by atoms with E-state index in [1.807, 2.05) is 24.4 Å². The van der Waals surface area contributed by atoms with Crippen molar-refractivity contribution in [3.8, 4) is 34.3 Å². The van der Waals surface area contributed by atoms with Crippen LogP contribution in [0.2, 0.25) is 0 Å². The van der Waals surface area contributed by atoms with Crippen molar-refractivity contribution in [1.82, 2.24) is 18.7 Å². The summed E-state index contributed by atoms with van der Waals surface area (Å²) in [6, 6.07) is 62.3. The van der Waals surface area contributed by atoms with Crippen LogP contribution >= 0.6 is 0 Å². The van der Waals surface area contributed by atoms with Gasteiger partial charge < -0.3 is 13.7 Å². The summed E-state index contributed by atoms with van der Waals surface area (Å²) < 4.78 is 7.10. The highest BCUT2D eigenvalue weighted by molar-refractivity contribution is 6.23. The van der Waals surface area contributed by atoms with E-state index in [1.165, 1.54) is 16.3 Å². The maximum Gasteiger partial charge on any atom is 0.0991 e. The Bertz CT molecular complexity index is 3300. The molecule has 0 saturated heterocycles. The Balaban J connectivity index is 1.16. The SMILES string of the molecule is N#Cc1ccc2c(c1)c1ccccc1n2-c1cccc(-c2cccc(-n3c4cccnc4c4ccc5c6ccccc6n(-c6ccccc6)c5c43)c2)c1. The zero-order chi connectivity index (χ0) is 35.0. The number of fused-ring (bicyclic) bond motifs is 10. The number of pyridine rings is 1. The summed E-state index contributed by atoms with van der Waals surface area (Å²) in [5.41, 5.74) is 13.8. The summed E-state index contributed by atoms with van der Waals surface area (Å²) in [4.78, 5) is 4.95. The average molecular weight is 676 g/mol. The Labute approximate surface area is 304 Å². The maximum absolute atomic E-state index is 9.65. The lowest BCUT2D eigenvalue weighted by Crippen LogP contribution is -1.99. The molecule has 0 radical (unpaired) electrons. The van der Waals surface area contributed by atoms with Crippen LogP contribution in [0.15, 0.2) is 176 Å². The minimum atomic E-state index is 0.660. The number of benzene rings is 7. The summed E-state index contributed by atoms with van der Waals surface area (Å²) in [6.07, 6.45) is 1.89. The van der Waals surface area contributed by atoms with E-state index < -0.39 is 0 Å². The van der Waals surface area contributed by atoms with Crippen molar-refractivity contribution in [3.05, 3.63) is 182 Å². The van der Waals surface area contributed by atoms with Crippen LogP contribution in [0, 0.1) is 11.3 Å². The van der Waals surface area contributed by atoms with Gasteiger partial charge in [-0.1, -0.05) is 84.9 Å². The molecule has 0 aliphatic carbocycles.